The molecule has 108 valence electrons. The Bertz CT molecular complexity index is 295. The van der Waals surface area contributed by atoms with E-state index in [2.05, 4.69) is 0 Å². The summed E-state index contributed by atoms with van der Waals surface area (Å²) in [4.78, 5) is 0. The fraction of sp³-hybridized carbons (Fsp3) is 1.00. The van der Waals surface area contributed by atoms with Crippen LogP contribution in [0.15, 0.2) is 0 Å². The Kier molecular flexibility index (Phi) is 3.35. The van der Waals surface area contributed by atoms with Gasteiger partial charge in [0.2, 0.25) is 0 Å². The summed E-state index contributed by atoms with van der Waals surface area (Å²) < 4.78 is 6.37. The highest BCUT2D eigenvalue weighted by atomic mass is 16.5. The first-order valence-corrected chi connectivity index (χ1v) is 8.66. The molecule has 19 heavy (non-hydrogen) atoms. The van der Waals surface area contributed by atoms with E-state index >= 15 is 0 Å². The molecule has 1 atom stereocenters. The normalized spacial score (nSPS) is 46.9. The molecule has 5 rings (SSSR count). The van der Waals surface area contributed by atoms with Gasteiger partial charge >= 0.3 is 0 Å². The summed E-state index contributed by atoms with van der Waals surface area (Å²) in [5.74, 6) is 4.60. The molecule has 1 unspecified atom stereocenters. The number of hydrogen-bond acceptors (Lipinski definition) is 2. The molecule has 0 spiro atoms. The van der Waals surface area contributed by atoms with Gasteiger partial charge in [0.15, 0.2) is 0 Å². The van der Waals surface area contributed by atoms with E-state index < -0.39 is 0 Å². The molecule has 5 aliphatic carbocycles. The molecule has 0 radical (unpaired) electrons. The van der Waals surface area contributed by atoms with Crippen LogP contribution in [-0.4, -0.2) is 18.8 Å². The Labute approximate surface area is 117 Å². The second-order valence-electron chi connectivity index (χ2n) is 7.94. The maximum absolute atomic E-state index is 6.37. The molecule has 4 bridgehead atoms. The predicted octanol–water partition coefficient (Wildman–Crippen LogP) is 3.35. The van der Waals surface area contributed by atoms with Gasteiger partial charge in [-0.2, -0.15) is 0 Å². The summed E-state index contributed by atoms with van der Waals surface area (Å²) in [7, 11) is 0. The van der Waals surface area contributed by atoms with Crippen LogP contribution in [0.3, 0.4) is 0 Å². The summed E-state index contributed by atoms with van der Waals surface area (Å²) in [6, 6.07) is 0.305. The molecule has 0 saturated heterocycles. The van der Waals surface area contributed by atoms with Crippen LogP contribution in [0.2, 0.25) is 0 Å². The van der Waals surface area contributed by atoms with Crippen molar-refractivity contribution in [2.45, 2.75) is 69.9 Å². The van der Waals surface area contributed by atoms with E-state index in [1.54, 1.807) is 0 Å². The van der Waals surface area contributed by atoms with Crippen molar-refractivity contribution in [3.8, 4) is 0 Å². The van der Waals surface area contributed by atoms with E-state index in [-0.39, 0.29) is 0 Å². The van der Waals surface area contributed by atoms with Crippen LogP contribution in [0, 0.1) is 29.6 Å². The van der Waals surface area contributed by atoms with Crippen LogP contribution in [-0.2, 0) is 4.74 Å². The lowest BCUT2D eigenvalue weighted by molar-refractivity contribution is -0.130. The molecule has 0 aliphatic heterocycles. The first-order chi connectivity index (χ1) is 9.29. The molecule has 2 nitrogen and oxygen atoms in total. The van der Waals surface area contributed by atoms with Gasteiger partial charge in [-0.05, 0) is 74.5 Å². The predicted molar refractivity (Wildman–Crippen MR) is 76.7 cm³/mol. The Balaban J connectivity index is 1.33. The van der Waals surface area contributed by atoms with Gasteiger partial charge < -0.3 is 10.5 Å². The van der Waals surface area contributed by atoms with Gasteiger partial charge in [0.1, 0.15) is 0 Å². The number of rotatable bonds is 4. The van der Waals surface area contributed by atoms with Crippen molar-refractivity contribution in [2.75, 3.05) is 6.61 Å². The van der Waals surface area contributed by atoms with Crippen molar-refractivity contribution in [3.05, 3.63) is 0 Å². The third-order valence-electron chi connectivity index (χ3n) is 6.63. The second kappa shape index (κ2) is 5.04. The topological polar surface area (TPSA) is 35.2 Å². The first-order valence-electron chi connectivity index (χ1n) is 8.66. The van der Waals surface area contributed by atoms with Crippen molar-refractivity contribution in [2.24, 2.45) is 35.3 Å². The highest BCUT2D eigenvalue weighted by molar-refractivity contribution is 4.99. The molecule has 0 aromatic rings. The summed E-state index contributed by atoms with van der Waals surface area (Å²) in [6.45, 7) is 0.831. The number of hydrogen-bond donors (Lipinski definition) is 1. The molecule has 2 heteroatoms. The zero-order chi connectivity index (χ0) is 12.8. The van der Waals surface area contributed by atoms with Gasteiger partial charge in [0, 0.05) is 6.04 Å². The van der Waals surface area contributed by atoms with Crippen molar-refractivity contribution < 1.29 is 4.74 Å². The maximum Gasteiger partial charge on any atom is 0.0632 e. The lowest BCUT2D eigenvalue weighted by Gasteiger charge is -2.54. The van der Waals surface area contributed by atoms with E-state index in [1.165, 1.54) is 57.8 Å². The zero-order valence-corrected chi connectivity index (χ0v) is 12.1. The van der Waals surface area contributed by atoms with E-state index in [0.717, 1.165) is 36.2 Å². The third kappa shape index (κ3) is 2.35. The zero-order valence-electron chi connectivity index (χ0n) is 12.1. The summed E-state index contributed by atoms with van der Waals surface area (Å²) in [5.41, 5.74) is 6.36. The lowest BCUT2D eigenvalue weighted by Crippen LogP contribution is -2.50. The van der Waals surface area contributed by atoms with Crippen LogP contribution >= 0.6 is 0 Å². The van der Waals surface area contributed by atoms with E-state index in [1.807, 2.05) is 0 Å². The van der Waals surface area contributed by atoms with E-state index in [0.29, 0.717) is 12.1 Å². The minimum absolute atomic E-state index is 0.305. The minimum Gasteiger partial charge on any atom is -0.376 e. The molecule has 5 aliphatic rings. The van der Waals surface area contributed by atoms with Crippen LogP contribution < -0.4 is 5.73 Å². The average molecular weight is 263 g/mol. The fourth-order valence-electron chi connectivity index (χ4n) is 5.89. The molecule has 5 saturated carbocycles. The van der Waals surface area contributed by atoms with Crippen molar-refractivity contribution in [1.29, 1.82) is 0 Å². The van der Waals surface area contributed by atoms with Gasteiger partial charge in [-0.1, -0.05) is 12.8 Å². The highest BCUT2D eigenvalue weighted by Crippen LogP contribution is 2.54. The van der Waals surface area contributed by atoms with E-state index in [4.69, 9.17) is 10.5 Å². The third-order valence-corrected chi connectivity index (χ3v) is 6.63. The minimum atomic E-state index is 0.305. The number of nitrogens with two attached hydrogens (primary N) is 1. The summed E-state index contributed by atoms with van der Waals surface area (Å²) >= 11 is 0. The molecule has 0 amide bonds. The summed E-state index contributed by atoms with van der Waals surface area (Å²) in [5, 5.41) is 0. The largest absolute Gasteiger partial charge is 0.376 e. The summed E-state index contributed by atoms with van der Waals surface area (Å²) in [6.07, 6.45) is 13.4. The molecule has 2 N–H and O–H groups in total. The standard InChI is InChI=1S/C17H29NO/c18-16(13-3-1-2-4-13)10-19-17-14-6-11-5-12(8-14)9-15(17)7-11/h11-17H,1-10,18H2. The molecule has 0 aromatic carbocycles. The average Bonchev–Trinajstić information content (AvgIpc) is 2.90. The van der Waals surface area contributed by atoms with Crippen LogP contribution in [0.1, 0.15) is 57.8 Å². The van der Waals surface area contributed by atoms with Crippen LogP contribution in [0.5, 0.6) is 0 Å². The van der Waals surface area contributed by atoms with E-state index in [9.17, 15) is 0 Å². The van der Waals surface area contributed by atoms with Crippen molar-refractivity contribution in [3.63, 3.8) is 0 Å². The molecule has 0 aromatic heterocycles. The van der Waals surface area contributed by atoms with Crippen molar-refractivity contribution in [1.82, 2.24) is 0 Å². The highest BCUT2D eigenvalue weighted by Gasteiger charge is 2.48. The Morgan fingerprint density at radius 2 is 1.47 bits per heavy atom. The monoisotopic (exact) mass is 263 g/mol. The SMILES string of the molecule is NC(COC1C2CC3CC(C2)CC1C3)C1CCCC1. The van der Waals surface area contributed by atoms with Gasteiger partial charge in [-0.25, -0.2) is 0 Å². The van der Waals surface area contributed by atoms with Gasteiger partial charge in [0.25, 0.3) is 0 Å². The maximum atomic E-state index is 6.37. The first kappa shape index (κ1) is 12.6. The molecular formula is C17H29NO. The molecular weight excluding hydrogens is 234 g/mol. The van der Waals surface area contributed by atoms with Gasteiger partial charge in [0.05, 0.1) is 12.7 Å². The van der Waals surface area contributed by atoms with Gasteiger partial charge in [-0.15, -0.1) is 0 Å². The van der Waals surface area contributed by atoms with Crippen LogP contribution in [0.4, 0.5) is 0 Å². The van der Waals surface area contributed by atoms with Crippen LogP contribution in [0.25, 0.3) is 0 Å². The Hall–Kier alpha value is -0.0800. The smallest absolute Gasteiger partial charge is 0.0632 e. The Morgan fingerprint density at radius 3 is 2.05 bits per heavy atom. The van der Waals surface area contributed by atoms with Crippen molar-refractivity contribution >= 4 is 0 Å². The lowest BCUT2D eigenvalue weighted by atomic mass is 9.55. The second-order valence-corrected chi connectivity index (χ2v) is 7.94. The fourth-order valence-corrected chi connectivity index (χ4v) is 5.89. The molecule has 0 heterocycles. The number of ether oxygens (including phenoxy) is 1. The van der Waals surface area contributed by atoms with Gasteiger partial charge in [-0.3, -0.25) is 0 Å². The molecule has 5 fully saturated rings. The quantitative estimate of drug-likeness (QED) is 0.844. The Morgan fingerprint density at radius 1 is 0.895 bits per heavy atom.